The van der Waals surface area contributed by atoms with Crippen LogP contribution in [0.3, 0.4) is 0 Å². The zero-order chi connectivity index (χ0) is 10.4. The van der Waals surface area contributed by atoms with Crippen LogP contribution in [0.4, 0.5) is 4.39 Å². The number of hydrogen-bond acceptors (Lipinski definition) is 2. The van der Waals surface area contributed by atoms with E-state index in [0.29, 0.717) is 6.61 Å². The van der Waals surface area contributed by atoms with Crippen molar-refractivity contribution in [3.63, 3.8) is 0 Å². The molecule has 1 atom stereocenters. The molecule has 1 aromatic rings. The second-order valence-corrected chi connectivity index (χ2v) is 3.22. The Morgan fingerprint density at radius 2 is 2.00 bits per heavy atom. The van der Waals surface area contributed by atoms with Gasteiger partial charge in [0, 0.05) is 19.7 Å². The van der Waals surface area contributed by atoms with Crippen LogP contribution in [-0.2, 0) is 4.74 Å². The highest BCUT2D eigenvalue weighted by Gasteiger charge is 2.03. The van der Waals surface area contributed by atoms with Gasteiger partial charge in [0.1, 0.15) is 5.82 Å². The van der Waals surface area contributed by atoms with E-state index >= 15 is 0 Å². The summed E-state index contributed by atoms with van der Waals surface area (Å²) < 4.78 is 17.5. The maximum Gasteiger partial charge on any atom is 0.123 e. The van der Waals surface area contributed by atoms with Crippen LogP contribution in [0.15, 0.2) is 24.3 Å². The van der Waals surface area contributed by atoms with Crippen molar-refractivity contribution < 1.29 is 9.13 Å². The van der Waals surface area contributed by atoms with Gasteiger partial charge in [-0.3, -0.25) is 0 Å². The topological polar surface area (TPSA) is 21.3 Å². The fourth-order valence-electron chi connectivity index (χ4n) is 1.25. The normalized spacial score (nSPS) is 12.8. The van der Waals surface area contributed by atoms with Crippen molar-refractivity contribution in [2.75, 3.05) is 20.3 Å². The molecule has 0 aliphatic rings. The van der Waals surface area contributed by atoms with Crippen molar-refractivity contribution in [1.82, 2.24) is 5.32 Å². The fourth-order valence-corrected chi connectivity index (χ4v) is 1.25. The second-order valence-electron chi connectivity index (χ2n) is 3.22. The molecule has 0 aromatic heterocycles. The molecule has 78 valence electrons. The van der Waals surface area contributed by atoms with Crippen LogP contribution in [0.2, 0.25) is 0 Å². The number of rotatable bonds is 5. The minimum Gasteiger partial charge on any atom is -0.383 e. The van der Waals surface area contributed by atoms with Gasteiger partial charge in [0.2, 0.25) is 0 Å². The fraction of sp³-hybridized carbons (Fsp3) is 0.455. The Balaban J connectivity index is 2.43. The third-order valence-corrected chi connectivity index (χ3v) is 2.13. The van der Waals surface area contributed by atoms with E-state index in [0.717, 1.165) is 12.1 Å². The van der Waals surface area contributed by atoms with E-state index in [1.165, 1.54) is 12.1 Å². The summed E-state index contributed by atoms with van der Waals surface area (Å²) in [6.45, 7) is 3.53. The van der Waals surface area contributed by atoms with Gasteiger partial charge in [0.15, 0.2) is 0 Å². The Bertz CT molecular complexity index is 260. The summed E-state index contributed by atoms with van der Waals surface area (Å²) in [6, 6.07) is 6.76. The molecule has 0 spiro atoms. The van der Waals surface area contributed by atoms with Gasteiger partial charge in [0.05, 0.1) is 6.61 Å². The van der Waals surface area contributed by atoms with E-state index in [9.17, 15) is 4.39 Å². The molecule has 0 fully saturated rings. The Labute approximate surface area is 84.1 Å². The van der Waals surface area contributed by atoms with Gasteiger partial charge < -0.3 is 10.1 Å². The molecule has 0 radical (unpaired) electrons. The summed E-state index contributed by atoms with van der Waals surface area (Å²) >= 11 is 0. The van der Waals surface area contributed by atoms with E-state index in [-0.39, 0.29) is 11.9 Å². The van der Waals surface area contributed by atoms with Gasteiger partial charge in [-0.05, 0) is 24.6 Å². The average Bonchev–Trinajstić information content (AvgIpc) is 2.19. The molecule has 0 amide bonds. The minimum absolute atomic E-state index is 0.196. The lowest BCUT2D eigenvalue weighted by molar-refractivity contribution is 0.196. The SMILES string of the molecule is COCCNC(C)c1ccc(F)cc1. The maximum absolute atomic E-state index is 12.6. The molecule has 2 nitrogen and oxygen atoms in total. The Kier molecular flexibility index (Phi) is 4.56. The number of halogens is 1. The zero-order valence-electron chi connectivity index (χ0n) is 8.59. The van der Waals surface area contributed by atoms with Crippen LogP contribution in [0.25, 0.3) is 0 Å². The summed E-state index contributed by atoms with van der Waals surface area (Å²) in [4.78, 5) is 0. The first kappa shape index (κ1) is 11.1. The van der Waals surface area contributed by atoms with Crippen molar-refractivity contribution in [3.8, 4) is 0 Å². The third kappa shape index (κ3) is 3.44. The Morgan fingerprint density at radius 3 is 2.57 bits per heavy atom. The van der Waals surface area contributed by atoms with Gasteiger partial charge in [0.25, 0.3) is 0 Å². The predicted octanol–water partition coefficient (Wildman–Crippen LogP) is 2.12. The van der Waals surface area contributed by atoms with E-state index in [4.69, 9.17) is 4.74 Å². The van der Waals surface area contributed by atoms with Crippen molar-refractivity contribution in [3.05, 3.63) is 35.6 Å². The summed E-state index contributed by atoms with van der Waals surface area (Å²) in [6.07, 6.45) is 0. The number of nitrogens with one attached hydrogen (secondary N) is 1. The molecule has 0 bridgehead atoms. The highest BCUT2D eigenvalue weighted by molar-refractivity contribution is 5.19. The Hall–Kier alpha value is -0.930. The number of hydrogen-bond donors (Lipinski definition) is 1. The number of methoxy groups -OCH3 is 1. The molecule has 0 aliphatic heterocycles. The van der Waals surface area contributed by atoms with Gasteiger partial charge >= 0.3 is 0 Å². The minimum atomic E-state index is -0.196. The molecule has 1 rings (SSSR count). The van der Waals surface area contributed by atoms with E-state index in [1.54, 1.807) is 19.2 Å². The lowest BCUT2D eigenvalue weighted by atomic mass is 10.1. The van der Waals surface area contributed by atoms with Crippen molar-refractivity contribution in [1.29, 1.82) is 0 Å². The van der Waals surface area contributed by atoms with Crippen molar-refractivity contribution >= 4 is 0 Å². The van der Waals surface area contributed by atoms with Gasteiger partial charge in [-0.25, -0.2) is 4.39 Å². The zero-order valence-corrected chi connectivity index (χ0v) is 8.59. The average molecular weight is 197 g/mol. The van der Waals surface area contributed by atoms with E-state index < -0.39 is 0 Å². The smallest absolute Gasteiger partial charge is 0.123 e. The summed E-state index contributed by atoms with van der Waals surface area (Å²) in [7, 11) is 1.67. The second kappa shape index (κ2) is 5.73. The first-order valence-electron chi connectivity index (χ1n) is 4.72. The first-order chi connectivity index (χ1) is 6.74. The number of benzene rings is 1. The molecule has 1 unspecified atom stereocenters. The lowest BCUT2D eigenvalue weighted by Gasteiger charge is -2.13. The quantitative estimate of drug-likeness (QED) is 0.730. The van der Waals surface area contributed by atoms with Crippen molar-refractivity contribution in [2.24, 2.45) is 0 Å². The molecule has 1 N–H and O–H groups in total. The molecule has 3 heteroatoms. The molecule has 0 heterocycles. The van der Waals surface area contributed by atoms with Crippen LogP contribution in [0.1, 0.15) is 18.5 Å². The van der Waals surface area contributed by atoms with Crippen LogP contribution < -0.4 is 5.32 Å². The largest absolute Gasteiger partial charge is 0.383 e. The highest BCUT2D eigenvalue weighted by atomic mass is 19.1. The summed E-state index contributed by atoms with van der Waals surface area (Å²) in [5.41, 5.74) is 1.09. The highest BCUT2D eigenvalue weighted by Crippen LogP contribution is 2.12. The van der Waals surface area contributed by atoms with Gasteiger partial charge in [-0.15, -0.1) is 0 Å². The third-order valence-electron chi connectivity index (χ3n) is 2.13. The van der Waals surface area contributed by atoms with Gasteiger partial charge in [-0.1, -0.05) is 12.1 Å². The molecular weight excluding hydrogens is 181 g/mol. The van der Waals surface area contributed by atoms with Crippen LogP contribution in [0, 0.1) is 5.82 Å². The van der Waals surface area contributed by atoms with Gasteiger partial charge in [-0.2, -0.15) is 0 Å². The van der Waals surface area contributed by atoms with Crippen LogP contribution in [0.5, 0.6) is 0 Å². The number of ether oxygens (including phenoxy) is 1. The molecule has 14 heavy (non-hydrogen) atoms. The monoisotopic (exact) mass is 197 g/mol. The first-order valence-corrected chi connectivity index (χ1v) is 4.72. The van der Waals surface area contributed by atoms with Crippen molar-refractivity contribution in [2.45, 2.75) is 13.0 Å². The summed E-state index contributed by atoms with van der Waals surface area (Å²) in [5.74, 6) is -0.196. The molecule has 0 saturated carbocycles. The molecule has 0 aliphatic carbocycles. The molecule has 1 aromatic carbocycles. The standard InChI is InChI=1S/C11H16FNO/c1-9(13-7-8-14-2)10-3-5-11(12)6-4-10/h3-6,9,13H,7-8H2,1-2H3. The molecular formula is C11H16FNO. The van der Waals surface area contributed by atoms with Crippen LogP contribution >= 0.6 is 0 Å². The molecule has 0 saturated heterocycles. The van der Waals surface area contributed by atoms with E-state index in [2.05, 4.69) is 5.32 Å². The predicted molar refractivity (Wildman–Crippen MR) is 54.7 cm³/mol. The maximum atomic E-state index is 12.6. The summed E-state index contributed by atoms with van der Waals surface area (Å²) in [5, 5.41) is 3.27. The van der Waals surface area contributed by atoms with Crippen LogP contribution in [-0.4, -0.2) is 20.3 Å². The lowest BCUT2D eigenvalue weighted by Crippen LogP contribution is -2.22. The van der Waals surface area contributed by atoms with E-state index in [1.807, 2.05) is 6.92 Å². The Morgan fingerprint density at radius 1 is 1.36 bits per heavy atom.